The number of thiocarbonyl (C=S) groups is 1. The van der Waals surface area contributed by atoms with Gasteiger partial charge in [-0.15, -0.1) is 0 Å². The molecule has 1 aromatic rings. The molecule has 0 unspecified atom stereocenters. The summed E-state index contributed by atoms with van der Waals surface area (Å²) < 4.78 is 10.5. The van der Waals surface area contributed by atoms with Gasteiger partial charge in [0.1, 0.15) is 5.75 Å². The predicted molar refractivity (Wildman–Crippen MR) is 89.6 cm³/mol. The van der Waals surface area contributed by atoms with Gasteiger partial charge >= 0.3 is 0 Å². The average Bonchev–Trinajstić information content (AvgIpc) is 2.47. The summed E-state index contributed by atoms with van der Waals surface area (Å²) in [6.45, 7) is 4.72. The Bertz CT molecular complexity index is 497. The zero-order valence-corrected chi connectivity index (χ0v) is 14.0. The second-order valence-corrected chi connectivity index (χ2v) is 5.28. The summed E-state index contributed by atoms with van der Waals surface area (Å²) in [4.78, 5) is 11.7. The van der Waals surface area contributed by atoms with Crippen LogP contribution in [0.5, 0.6) is 5.75 Å². The van der Waals surface area contributed by atoms with E-state index in [4.69, 9.17) is 21.7 Å². The first kappa shape index (κ1) is 18.2. The third-order valence-corrected chi connectivity index (χ3v) is 3.01. The van der Waals surface area contributed by atoms with Gasteiger partial charge in [-0.2, -0.15) is 0 Å². The van der Waals surface area contributed by atoms with Crippen molar-refractivity contribution in [1.29, 1.82) is 0 Å². The van der Waals surface area contributed by atoms with Crippen LogP contribution >= 0.6 is 12.2 Å². The van der Waals surface area contributed by atoms with Crippen molar-refractivity contribution in [2.45, 2.75) is 26.3 Å². The zero-order chi connectivity index (χ0) is 16.4. The molecule has 0 bridgehead atoms. The molecule has 22 heavy (non-hydrogen) atoms. The Morgan fingerprint density at radius 2 is 2.05 bits per heavy atom. The molecule has 0 spiro atoms. The van der Waals surface area contributed by atoms with Crippen molar-refractivity contribution >= 4 is 23.2 Å². The lowest BCUT2D eigenvalue weighted by Gasteiger charge is -2.16. The van der Waals surface area contributed by atoms with Gasteiger partial charge in [-0.1, -0.05) is 18.2 Å². The molecule has 122 valence electrons. The number of amides is 1. The summed E-state index contributed by atoms with van der Waals surface area (Å²) in [5.74, 6) is 0.589. The number of aryl methyl sites for hydroxylation is 1. The number of hydrogen-bond acceptors (Lipinski definition) is 4. The second-order valence-electron chi connectivity index (χ2n) is 4.87. The van der Waals surface area contributed by atoms with E-state index in [1.54, 1.807) is 7.11 Å². The highest BCUT2D eigenvalue weighted by Crippen LogP contribution is 2.15. The third kappa shape index (κ3) is 7.24. The Kier molecular flexibility index (Phi) is 8.24. The van der Waals surface area contributed by atoms with E-state index in [2.05, 4.69) is 16.2 Å². The number of ether oxygens (including phenoxy) is 2. The van der Waals surface area contributed by atoms with Gasteiger partial charge in [-0.3, -0.25) is 15.6 Å². The molecule has 3 N–H and O–H groups in total. The third-order valence-electron chi connectivity index (χ3n) is 2.79. The zero-order valence-electron chi connectivity index (χ0n) is 13.1. The Morgan fingerprint density at radius 1 is 1.32 bits per heavy atom. The number of carbonyl (C=O) groups is 1. The summed E-state index contributed by atoms with van der Waals surface area (Å²) in [7, 11) is 1.62. The molecule has 0 saturated heterocycles. The maximum Gasteiger partial charge on any atom is 0.241 e. The Labute approximate surface area is 136 Å². The summed E-state index contributed by atoms with van der Waals surface area (Å²) in [5.41, 5.74) is 6.20. The van der Waals surface area contributed by atoms with E-state index in [1.807, 2.05) is 38.1 Å². The molecule has 0 saturated carbocycles. The number of methoxy groups -OCH3 is 1. The molecule has 1 amide bonds. The van der Waals surface area contributed by atoms with Crippen LogP contribution in [0, 0.1) is 6.92 Å². The van der Waals surface area contributed by atoms with Crippen molar-refractivity contribution in [3.8, 4) is 5.75 Å². The van der Waals surface area contributed by atoms with Gasteiger partial charge in [-0.25, -0.2) is 0 Å². The highest BCUT2D eigenvalue weighted by molar-refractivity contribution is 7.80. The fourth-order valence-corrected chi connectivity index (χ4v) is 1.96. The monoisotopic (exact) mass is 325 g/mol. The van der Waals surface area contributed by atoms with Crippen LogP contribution in [0.3, 0.4) is 0 Å². The van der Waals surface area contributed by atoms with Gasteiger partial charge in [0.05, 0.1) is 19.6 Å². The van der Waals surface area contributed by atoms with Gasteiger partial charge in [0.25, 0.3) is 0 Å². The van der Waals surface area contributed by atoms with Crippen LogP contribution in [0.1, 0.15) is 18.9 Å². The first-order chi connectivity index (χ1) is 10.5. The van der Waals surface area contributed by atoms with Crippen molar-refractivity contribution < 1.29 is 14.3 Å². The van der Waals surface area contributed by atoms with E-state index >= 15 is 0 Å². The molecule has 7 heteroatoms. The van der Waals surface area contributed by atoms with Gasteiger partial charge in [0.15, 0.2) is 5.11 Å². The summed E-state index contributed by atoms with van der Waals surface area (Å²) in [6, 6.07) is 7.74. The topological polar surface area (TPSA) is 71.6 Å². The maximum atomic E-state index is 11.7. The molecule has 0 heterocycles. The highest BCUT2D eigenvalue weighted by atomic mass is 32.1. The van der Waals surface area contributed by atoms with Crippen LogP contribution in [0.25, 0.3) is 0 Å². The van der Waals surface area contributed by atoms with Crippen LogP contribution < -0.4 is 20.9 Å². The normalized spacial score (nSPS) is 11.4. The minimum Gasteiger partial charge on any atom is -0.493 e. The number of hydrazine groups is 1. The van der Waals surface area contributed by atoms with Crippen molar-refractivity contribution in [2.75, 3.05) is 20.3 Å². The Morgan fingerprint density at radius 3 is 2.73 bits per heavy atom. The van der Waals surface area contributed by atoms with Gasteiger partial charge in [0.2, 0.25) is 5.91 Å². The maximum absolute atomic E-state index is 11.7. The lowest BCUT2D eigenvalue weighted by Crippen LogP contribution is -2.50. The molecule has 0 aromatic heterocycles. The van der Waals surface area contributed by atoms with Crippen molar-refractivity contribution in [2.24, 2.45) is 0 Å². The number of rotatable bonds is 7. The number of benzene rings is 1. The first-order valence-electron chi connectivity index (χ1n) is 7.05. The van der Waals surface area contributed by atoms with E-state index < -0.39 is 0 Å². The SMILES string of the molecule is COC[C@@H](C)NC(=S)NNC(=O)CCOc1ccccc1C. The molecule has 0 aliphatic heterocycles. The lowest BCUT2D eigenvalue weighted by atomic mass is 10.2. The van der Waals surface area contributed by atoms with Gasteiger partial charge in [0, 0.05) is 13.2 Å². The molecular weight excluding hydrogens is 302 g/mol. The van der Waals surface area contributed by atoms with E-state index in [-0.39, 0.29) is 18.4 Å². The fourth-order valence-electron chi connectivity index (χ4n) is 1.71. The molecular formula is C15H23N3O3S. The second kappa shape index (κ2) is 9.97. The molecule has 1 atom stereocenters. The molecule has 0 aliphatic carbocycles. The first-order valence-corrected chi connectivity index (χ1v) is 7.46. The number of para-hydroxylation sites is 1. The molecule has 1 aromatic carbocycles. The number of hydrogen-bond donors (Lipinski definition) is 3. The van der Waals surface area contributed by atoms with Crippen molar-refractivity contribution in [3.63, 3.8) is 0 Å². The fraction of sp³-hybridized carbons (Fsp3) is 0.467. The number of nitrogens with one attached hydrogen (secondary N) is 3. The van der Waals surface area contributed by atoms with Gasteiger partial charge in [-0.05, 0) is 37.7 Å². The molecule has 1 rings (SSSR count). The van der Waals surface area contributed by atoms with Gasteiger partial charge < -0.3 is 14.8 Å². The Balaban J connectivity index is 2.18. The highest BCUT2D eigenvalue weighted by Gasteiger charge is 2.06. The largest absolute Gasteiger partial charge is 0.493 e. The van der Waals surface area contributed by atoms with Crippen LogP contribution in [0.15, 0.2) is 24.3 Å². The predicted octanol–water partition coefficient (Wildman–Crippen LogP) is 1.29. The summed E-state index contributed by atoms with van der Waals surface area (Å²) in [6.07, 6.45) is 0.234. The van der Waals surface area contributed by atoms with Crippen LogP contribution in [-0.2, 0) is 9.53 Å². The summed E-state index contributed by atoms with van der Waals surface area (Å²) >= 11 is 5.05. The smallest absolute Gasteiger partial charge is 0.241 e. The van der Waals surface area contributed by atoms with Crippen LogP contribution in [0.4, 0.5) is 0 Å². The molecule has 6 nitrogen and oxygen atoms in total. The van der Waals surface area contributed by atoms with Crippen molar-refractivity contribution in [3.05, 3.63) is 29.8 Å². The van der Waals surface area contributed by atoms with Crippen LogP contribution in [0.2, 0.25) is 0 Å². The number of carbonyl (C=O) groups excluding carboxylic acids is 1. The molecule has 0 radical (unpaired) electrons. The standard InChI is InChI=1S/C15H23N3O3S/c1-11-6-4-5-7-13(11)21-9-8-14(19)17-18-15(22)16-12(2)10-20-3/h4-7,12H,8-10H2,1-3H3,(H,17,19)(H2,16,18,22)/t12-/m1/s1. The quantitative estimate of drug-likeness (QED) is 0.518. The molecule has 0 fully saturated rings. The van der Waals surface area contributed by atoms with E-state index in [9.17, 15) is 4.79 Å². The van der Waals surface area contributed by atoms with Crippen molar-refractivity contribution in [1.82, 2.24) is 16.2 Å². The van der Waals surface area contributed by atoms with E-state index in [0.29, 0.717) is 18.3 Å². The minimum atomic E-state index is -0.197. The van der Waals surface area contributed by atoms with E-state index in [1.165, 1.54) is 0 Å². The minimum absolute atomic E-state index is 0.0614. The summed E-state index contributed by atoms with van der Waals surface area (Å²) in [5, 5.41) is 3.32. The average molecular weight is 325 g/mol. The molecule has 0 aliphatic rings. The van der Waals surface area contributed by atoms with E-state index in [0.717, 1.165) is 11.3 Å². The van der Waals surface area contributed by atoms with Crippen LogP contribution in [-0.4, -0.2) is 37.4 Å². The lowest BCUT2D eigenvalue weighted by molar-refractivity contribution is -0.122. The Hall–Kier alpha value is -1.86.